The second-order valence-corrected chi connectivity index (χ2v) is 9.46. The van der Waals surface area contributed by atoms with Crippen LogP contribution in [0.3, 0.4) is 0 Å². The van der Waals surface area contributed by atoms with Crippen molar-refractivity contribution in [1.29, 1.82) is 5.26 Å². The Bertz CT molecular complexity index is 1340. The molecule has 2 aliphatic rings. The van der Waals surface area contributed by atoms with E-state index >= 15 is 0 Å². The molecule has 2 saturated heterocycles. The number of primary amides is 1. The van der Waals surface area contributed by atoms with Crippen molar-refractivity contribution in [2.24, 2.45) is 18.7 Å². The van der Waals surface area contributed by atoms with Crippen LogP contribution in [0, 0.1) is 17.2 Å². The Hall–Kier alpha value is -3.45. The Morgan fingerprint density at radius 3 is 2.80 bits per heavy atom. The highest BCUT2D eigenvalue weighted by Gasteiger charge is 2.45. The fourth-order valence-corrected chi connectivity index (χ4v) is 4.99. The number of nitriles is 1. The van der Waals surface area contributed by atoms with Crippen LogP contribution in [-0.4, -0.2) is 48.0 Å². The normalized spacial score (nSPS) is 25.4. The summed E-state index contributed by atoms with van der Waals surface area (Å²) in [6, 6.07) is 16.2. The summed E-state index contributed by atoms with van der Waals surface area (Å²) < 4.78 is 18.8. The molecular formula is C26H28N4O5. The van der Waals surface area contributed by atoms with E-state index in [0.717, 1.165) is 35.0 Å². The lowest BCUT2D eigenvalue weighted by atomic mass is 9.92. The molecule has 182 valence electrons. The van der Waals surface area contributed by atoms with E-state index < -0.39 is 17.6 Å². The van der Waals surface area contributed by atoms with Gasteiger partial charge in [0.05, 0.1) is 30.2 Å². The molecule has 1 amide bonds. The molecule has 2 aliphatic heterocycles. The number of carbonyl (C=O) groups is 1. The van der Waals surface area contributed by atoms with Gasteiger partial charge in [0, 0.05) is 20.1 Å². The van der Waals surface area contributed by atoms with Crippen LogP contribution in [0.5, 0.6) is 0 Å². The Morgan fingerprint density at radius 1 is 1.29 bits per heavy atom. The van der Waals surface area contributed by atoms with Gasteiger partial charge in [-0.05, 0) is 48.1 Å². The van der Waals surface area contributed by atoms with Gasteiger partial charge in [0.2, 0.25) is 5.91 Å². The number of nitrogens with zero attached hydrogens (tertiary/aromatic N) is 2. The van der Waals surface area contributed by atoms with Crippen LogP contribution in [-0.2, 0) is 27.7 Å². The van der Waals surface area contributed by atoms with E-state index in [-0.39, 0.29) is 24.4 Å². The molecule has 3 unspecified atom stereocenters. The largest absolute Gasteiger partial charge is 0.419 e. The molecule has 2 aromatic carbocycles. The third-order valence-corrected chi connectivity index (χ3v) is 7.08. The Morgan fingerprint density at radius 2 is 2.06 bits per heavy atom. The number of fused-ring (bicyclic) bond motifs is 1. The van der Waals surface area contributed by atoms with Crippen LogP contribution in [0.2, 0.25) is 0 Å². The monoisotopic (exact) mass is 476 g/mol. The lowest BCUT2D eigenvalue weighted by molar-refractivity contribution is -0.135. The predicted octanol–water partition coefficient (Wildman–Crippen LogP) is 1.87. The van der Waals surface area contributed by atoms with Crippen molar-refractivity contribution in [1.82, 2.24) is 9.88 Å². The molecule has 3 aromatic rings. The average Bonchev–Trinajstić information content (AvgIpc) is 3.31. The van der Waals surface area contributed by atoms with Gasteiger partial charge in [-0.1, -0.05) is 30.3 Å². The highest BCUT2D eigenvalue weighted by atomic mass is 16.6. The predicted molar refractivity (Wildman–Crippen MR) is 128 cm³/mol. The molecule has 3 heterocycles. The van der Waals surface area contributed by atoms with Gasteiger partial charge in [0.25, 0.3) is 0 Å². The average molecular weight is 477 g/mol. The second-order valence-electron chi connectivity index (χ2n) is 9.46. The van der Waals surface area contributed by atoms with Crippen LogP contribution in [0.25, 0.3) is 22.2 Å². The third kappa shape index (κ3) is 4.60. The van der Waals surface area contributed by atoms with Crippen molar-refractivity contribution in [3.63, 3.8) is 0 Å². The molecule has 5 rings (SSSR count). The zero-order chi connectivity index (χ0) is 24.6. The molecule has 0 bridgehead atoms. The van der Waals surface area contributed by atoms with Gasteiger partial charge < -0.3 is 24.9 Å². The van der Waals surface area contributed by atoms with E-state index in [4.69, 9.17) is 19.6 Å². The summed E-state index contributed by atoms with van der Waals surface area (Å²) in [5.74, 6) is -1.17. The summed E-state index contributed by atoms with van der Waals surface area (Å²) in [7, 11) is 1.69. The minimum atomic E-state index is -0.665. The number of amides is 1. The number of nitrogens with two attached hydrogens (primary N) is 1. The molecule has 0 saturated carbocycles. The molecule has 4 atom stereocenters. The number of aromatic nitrogens is 1. The molecule has 0 radical (unpaired) electrons. The summed E-state index contributed by atoms with van der Waals surface area (Å²) in [5.41, 5.74) is 9.18. The van der Waals surface area contributed by atoms with Crippen molar-refractivity contribution >= 4 is 17.0 Å². The SMILES string of the molecule is Cn1c(=O)oc2ccc(-c3ccc(C[C@@H](C#N)C4CCC5(CNCC(C(N)=O)OC5)O4)cc3)cc21. The number of nitrogens with one attached hydrogen (secondary N) is 1. The molecule has 3 N–H and O–H groups in total. The summed E-state index contributed by atoms with van der Waals surface area (Å²) in [6.07, 6.45) is 1.21. The van der Waals surface area contributed by atoms with Crippen LogP contribution in [0.1, 0.15) is 18.4 Å². The number of ether oxygens (including phenoxy) is 2. The first-order valence-corrected chi connectivity index (χ1v) is 11.8. The molecule has 9 nitrogen and oxygen atoms in total. The molecule has 9 heteroatoms. The fourth-order valence-electron chi connectivity index (χ4n) is 4.99. The van der Waals surface area contributed by atoms with Gasteiger partial charge in [0.15, 0.2) is 5.58 Å². The van der Waals surface area contributed by atoms with E-state index in [1.807, 2.05) is 36.4 Å². The number of rotatable bonds is 5. The zero-order valence-electron chi connectivity index (χ0n) is 19.5. The first-order chi connectivity index (χ1) is 16.9. The standard InChI is InChI=1S/C26H28N4O5/c1-30-20-11-18(6-7-22(20)34-25(30)32)17-4-2-16(3-5-17)10-19(12-27)21-8-9-26(35-21)14-29-13-23(24(28)31)33-15-26/h2-7,11,19,21,23,29H,8-10,13-15H2,1H3,(H2,28,31)/t19-,21?,23?,26?/m0/s1. The molecule has 2 fully saturated rings. The molecular weight excluding hydrogens is 448 g/mol. The summed E-state index contributed by atoms with van der Waals surface area (Å²) in [5, 5.41) is 13.1. The summed E-state index contributed by atoms with van der Waals surface area (Å²) in [4.78, 5) is 23.2. The van der Waals surface area contributed by atoms with E-state index in [9.17, 15) is 14.9 Å². The zero-order valence-corrected chi connectivity index (χ0v) is 19.5. The maximum Gasteiger partial charge on any atom is 0.419 e. The van der Waals surface area contributed by atoms with E-state index in [2.05, 4.69) is 11.4 Å². The highest BCUT2D eigenvalue weighted by molar-refractivity contribution is 5.80. The van der Waals surface area contributed by atoms with E-state index in [1.165, 1.54) is 4.57 Å². The number of aryl methyl sites for hydroxylation is 1. The highest BCUT2D eigenvalue weighted by Crippen LogP contribution is 2.36. The van der Waals surface area contributed by atoms with E-state index in [0.29, 0.717) is 25.1 Å². The van der Waals surface area contributed by atoms with Gasteiger partial charge in [-0.3, -0.25) is 9.36 Å². The van der Waals surface area contributed by atoms with Gasteiger partial charge in [-0.15, -0.1) is 0 Å². The number of benzene rings is 2. The fraction of sp³-hybridized carbons (Fsp3) is 0.423. The topological polar surface area (TPSA) is 133 Å². The molecule has 1 aromatic heterocycles. The quantitative estimate of drug-likeness (QED) is 0.574. The van der Waals surface area contributed by atoms with Crippen LogP contribution in [0.4, 0.5) is 0 Å². The van der Waals surface area contributed by atoms with Crippen LogP contribution < -0.4 is 16.8 Å². The molecule has 0 aliphatic carbocycles. The van der Waals surface area contributed by atoms with Gasteiger partial charge in [-0.25, -0.2) is 4.79 Å². The number of oxazole rings is 1. The van der Waals surface area contributed by atoms with Crippen LogP contribution >= 0.6 is 0 Å². The number of carbonyl (C=O) groups excluding carboxylic acids is 1. The van der Waals surface area contributed by atoms with Crippen molar-refractivity contribution in [3.05, 3.63) is 58.6 Å². The first-order valence-electron chi connectivity index (χ1n) is 11.8. The van der Waals surface area contributed by atoms with Crippen molar-refractivity contribution in [2.45, 2.75) is 37.1 Å². The number of hydrogen-bond acceptors (Lipinski definition) is 7. The molecule has 1 spiro atoms. The van der Waals surface area contributed by atoms with Crippen molar-refractivity contribution in [3.8, 4) is 17.2 Å². The first kappa shape index (κ1) is 23.3. The lowest BCUT2D eigenvalue weighted by Gasteiger charge is -2.28. The smallest absolute Gasteiger partial charge is 0.408 e. The Labute approximate surface area is 202 Å². The Kier molecular flexibility index (Phi) is 6.19. The van der Waals surface area contributed by atoms with Crippen molar-refractivity contribution < 1.29 is 18.7 Å². The van der Waals surface area contributed by atoms with Gasteiger partial charge >= 0.3 is 5.76 Å². The summed E-state index contributed by atoms with van der Waals surface area (Å²) >= 11 is 0. The maximum absolute atomic E-state index is 11.8. The van der Waals surface area contributed by atoms with Crippen molar-refractivity contribution in [2.75, 3.05) is 19.7 Å². The maximum atomic E-state index is 11.8. The third-order valence-electron chi connectivity index (χ3n) is 7.08. The summed E-state index contributed by atoms with van der Waals surface area (Å²) in [6.45, 7) is 1.21. The van der Waals surface area contributed by atoms with E-state index in [1.54, 1.807) is 13.1 Å². The van der Waals surface area contributed by atoms with Gasteiger partial charge in [0.1, 0.15) is 11.7 Å². The van der Waals surface area contributed by atoms with Gasteiger partial charge in [-0.2, -0.15) is 5.26 Å². The minimum absolute atomic E-state index is 0.208. The minimum Gasteiger partial charge on any atom is -0.408 e. The Balaban J connectivity index is 1.26. The lowest BCUT2D eigenvalue weighted by Crippen LogP contribution is -2.43. The van der Waals surface area contributed by atoms with Crippen LogP contribution in [0.15, 0.2) is 51.7 Å². The second kappa shape index (κ2) is 9.30. The number of hydrogen-bond donors (Lipinski definition) is 2. The molecule has 35 heavy (non-hydrogen) atoms.